The molecule has 1 atom stereocenters. The van der Waals surface area contributed by atoms with Crippen LogP contribution in [0, 0.1) is 5.82 Å². The van der Waals surface area contributed by atoms with Crippen LogP contribution in [0.1, 0.15) is 6.42 Å². The Bertz CT molecular complexity index is 891. The van der Waals surface area contributed by atoms with Crippen molar-refractivity contribution in [2.45, 2.75) is 12.5 Å². The summed E-state index contributed by atoms with van der Waals surface area (Å²) in [6, 6.07) is 13.5. The van der Waals surface area contributed by atoms with Gasteiger partial charge in [0.2, 0.25) is 0 Å². The number of urea groups is 1. The fourth-order valence-corrected chi connectivity index (χ4v) is 3.05. The highest BCUT2D eigenvalue weighted by atomic mass is 19.1. The number of amides is 2. The summed E-state index contributed by atoms with van der Waals surface area (Å²) < 4.78 is 18.7. The summed E-state index contributed by atoms with van der Waals surface area (Å²) in [5, 5.41) is 3.98. The van der Waals surface area contributed by atoms with Crippen LogP contribution in [-0.4, -0.2) is 35.1 Å². The molecule has 1 saturated heterocycles. The third kappa shape index (κ3) is 3.42. The van der Waals surface area contributed by atoms with E-state index in [9.17, 15) is 9.18 Å². The van der Waals surface area contributed by atoms with E-state index in [1.807, 2.05) is 30.5 Å². The number of anilines is 1. The Hall–Kier alpha value is -3.02. The number of fused-ring (bicyclic) bond motifs is 1. The van der Waals surface area contributed by atoms with E-state index in [1.54, 1.807) is 17.0 Å². The van der Waals surface area contributed by atoms with E-state index < -0.39 is 0 Å². The van der Waals surface area contributed by atoms with Gasteiger partial charge in [-0.3, -0.25) is 0 Å². The lowest BCUT2D eigenvalue weighted by molar-refractivity contribution is 0.194. The second-order valence-corrected chi connectivity index (χ2v) is 6.14. The Kier molecular flexibility index (Phi) is 4.01. The van der Waals surface area contributed by atoms with Gasteiger partial charge in [0.1, 0.15) is 17.7 Å². The molecule has 0 aliphatic carbocycles. The Balaban J connectivity index is 1.35. The second-order valence-electron chi connectivity index (χ2n) is 6.14. The maximum atomic E-state index is 12.9. The number of benzene rings is 2. The van der Waals surface area contributed by atoms with Gasteiger partial charge in [-0.2, -0.15) is 0 Å². The first-order chi connectivity index (χ1) is 12.2. The van der Waals surface area contributed by atoms with Gasteiger partial charge < -0.3 is 19.9 Å². The summed E-state index contributed by atoms with van der Waals surface area (Å²) in [6.45, 7) is 1.14. The predicted molar refractivity (Wildman–Crippen MR) is 94.3 cm³/mol. The maximum absolute atomic E-state index is 12.9. The average Bonchev–Trinajstić information content (AvgIpc) is 3.26. The van der Waals surface area contributed by atoms with Crippen LogP contribution in [0.5, 0.6) is 5.75 Å². The van der Waals surface area contributed by atoms with Crippen molar-refractivity contribution in [1.29, 1.82) is 0 Å². The molecule has 3 aromatic rings. The standard InChI is InChI=1S/C19H18FN3O2/c20-14-1-4-16(5-2-14)25-17-8-10-23(12-17)19(24)22-15-3-6-18-13(11-15)7-9-21-18/h1-7,9,11,17,21H,8,10,12H2,(H,22,24)/t17-/m0/s1. The fourth-order valence-electron chi connectivity index (χ4n) is 3.05. The van der Waals surface area contributed by atoms with E-state index in [1.165, 1.54) is 12.1 Å². The SMILES string of the molecule is O=C(Nc1ccc2[nH]ccc2c1)N1CC[C@H](Oc2ccc(F)cc2)C1. The normalized spacial score (nSPS) is 17.0. The van der Waals surface area contributed by atoms with Gasteiger partial charge in [0.25, 0.3) is 0 Å². The van der Waals surface area contributed by atoms with E-state index in [0.29, 0.717) is 18.8 Å². The number of likely N-dealkylation sites (tertiary alicyclic amines) is 1. The van der Waals surface area contributed by atoms with Gasteiger partial charge in [0, 0.05) is 35.8 Å². The lowest BCUT2D eigenvalue weighted by atomic mass is 10.2. The second kappa shape index (κ2) is 6.47. The predicted octanol–water partition coefficient (Wildman–Crippen LogP) is 3.99. The lowest BCUT2D eigenvalue weighted by Gasteiger charge is -2.18. The molecule has 5 nitrogen and oxygen atoms in total. The van der Waals surface area contributed by atoms with E-state index in [2.05, 4.69) is 10.3 Å². The van der Waals surface area contributed by atoms with Gasteiger partial charge in [-0.1, -0.05) is 0 Å². The molecular weight excluding hydrogens is 321 g/mol. The third-order valence-electron chi connectivity index (χ3n) is 4.35. The van der Waals surface area contributed by atoms with Crippen LogP contribution in [0.4, 0.5) is 14.9 Å². The minimum atomic E-state index is -0.292. The fraction of sp³-hybridized carbons (Fsp3) is 0.211. The van der Waals surface area contributed by atoms with Gasteiger partial charge >= 0.3 is 6.03 Å². The number of nitrogens with one attached hydrogen (secondary N) is 2. The highest BCUT2D eigenvalue weighted by molar-refractivity contribution is 5.92. The van der Waals surface area contributed by atoms with E-state index in [-0.39, 0.29) is 18.0 Å². The molecule has 1 aliphatic heterocycles. The molecule has 128 valence electrons. The van der Waals surface area contributed by atoms with Crippen LogP contribution in [0.15, 0.2) is 54.7 Å². The van der Waals surface area contributed by atoms with E-state index in [0.717, 1.165) is 23.0 Å². The molecule has 0 radical (unpaired) electrons. The van der Waals surface area contributed by atoms with Crippen molar-refractivity contribution in [3.05, 3.63) is 60.5 Å². The van der Waals surface area contributed by atoms with E-state index in [4.69, 9.17) is 4.74 Å². The number of aromatic amines is 1. The van der Waals surface area contributed by atoms with Crippen molar-refractivity contribution in [2.75, 3.05) is 18.4 Å². The van der Waals surface area contributed by atoms with Gasteiger partial charge in [0.15, 0.2) is 0 Å². The van der Waals surface area contributed by atoms with Crippen molar-refractivity contribution < 1.29 is 13.9 Å². The van der Waals surface area contributed by atoms with Crippen molar-refractivity contribution in [3.8, 4) is 5.75 Å². The number of carbonyl (C=O) groups is 1. The van der Waals surface area contributed by atoms with E-state index >= 15 is 0 Å². The van der Waals surface area contributed by atoms with Crippen molar-refractivity contribution >= 4 is 22.6 Å². The highest BCUT2D eigenvalue weighted by Crippen LogP contribution is 2.21. The number of rotatable bonds is 3. The Morgan fingerprint density at radius 1 is 1.20 bits per heavy atom. The van der Waals surface area contributed by atoms with Crippen LogP contribution in [0.25, 0.3) is 10.9 Å². The summed E-state index contributed by atoms with van der Waals surface area (Å²) in [4.78, 5) is 17.3. The summed E-state index contributed by atoms with van der Waals surface area (Å²) >= 11 is 0. The summed E-state index contributed by atoms with van der Waals surface area (Å²) in [7, 11) is 0. The number of carbonyl (C=O) groups excluding carboxylic acids is 1. The molecule has 0 spiro atoms. The quantitative estimate of drug-likeness (QED) is 0.758. The van der Waals surface area contributed by atoms with Crippen LogP contribution >= 0.6 is 0 Å². The molecule has 4 rings (SSSR count). The zero-order valence-corrected chi connectivity index (χ0v) is 13.5. The number of aromatic nitrogens is 1. The number of ether oxygens (including phenoxy) is 1. The highest BCUT2D eigenvalue weighted by Gasteiger charge is 2.27. The minimum absolute atomic E-state index is 0.0802. The van der Waals surface area contributed by atoms with Crippen LogP contribution < -0.4 is 10.1 Å². The first kappa shape index (κ1) is 15.5. The summed E-state index contributed by atoms with van der Waals surface area (Å²) in [6.07, 6.45) is 2.54. The first-order valence-corrected chi connectivity index (χ1v) is 8.23. The molecule has 1 aromatic heterocycles. The molecule has 1 aliphatic rings. The molecule has 6 heteroatoms. The molecule has 2 aromatic carbocycles. The topological polar surface area (TPSA) is 57.4 Å². The molecule has 2 heterocycles. The molecule has 0 saturated carbocycles. The monoisotopic (exact) mass is 339 g/mol. The van der Waals surface area contributed by atoms with Gasteiger partial charge in [-0.05, 0) is 48.5 Å². The van der Waals surface area contributed by atoms with Crippen LogP contribution in [0.2, 0.25) is 0 Å². The molecule has 0 unspecified atom stereocenters. The lowest BCUT2D eigenvalue weighted by Crippen LogP contribution is -2.34. The smallest absolute Gasteiger partial charge is 0.321 e. The number of hydrogen-bond acceptors (Lipinski definition) is 2. The van der Waals surface area contributed by atoms with Crippen LogP contribution in [0.3, 0.4) is 0 Å². The molecule has 0 bridgehead atoms. The van der Waals surface area contributed by atoms with Crippen molar-refractivity contribution in [1.82, 2.24) is 9.88 Å². The zero-order chi connectivity index (χ0) is 17.2. The molecule has 25 heavy (non-hydrogen) atoms. The Morgan fingerprint density at radius 2 is 2.04 bits per heavy atom. The Morgan fingerprint density at radius 3 is 2.88 bits per heavy atom. The number of hydrogen-bond donors (Lipinski definition) is 2. The number of halogens is 1. The molecular formula is C19H18FN3O2. The average molecular weight is 339 g/mol. The molecule has 1 fully saturated rings. The van der Waals surface area contributed by atoms with Crippen molar-refractivity contribution in [3.63, 3.8) is 0 Å². The minimum Gasteiger partial charge on any atom is -0.489 e. The maximum Gasteiger partial charge on any atom is 0.321 e. The van der Waals surface area contributed by atoms with Crippen molar-refractivity contribution in [2.24, 2.45) is 0 Å². The van der Waals surface area contributed by atoms with Gasteiger partial charge in [-0.15, -0.1) is 0 Å². The Labute approximate surface area is 144 Å². The molecule has 2 amide bonds. The van der Waals surface area contributed by atoms with Gasteiger partial charge in [0.05, 0.1) is 6.54 Å². The number of nitrogens with zero attached hydrogens (tertiary/aromatic N) is 1. The summed E-state index contributed by atoms with van der Waals surface area (Å²) in [5.74, 6) is 0.325. The molecule has 2 N–H and O–H groups in total. The number of H-pyrrole nitrogens is 1. The first-order valence-electron chi connectivity index (χ1n) is 8.23. The van der Waals surface area contributed by atoms with Crippen LogP contribution in [-0.2, 0) is 0 Å². The zero-order valence-electron chi connectivity index (χ0n) is 13.5. The van der Waals surface area contributed by atoms with Gasteiger partial charge in [-0.25, -0.2) is 9.18 Å². The largest absolute Gasteiger partial charge is 0.489 e. The summed E-state index contributed by atoms with van der Waals surface area (Å²) in [5.41, 5.74) is 1.80. The third-order valence-corrected chi connectivity index (χ3v) is 4.35.